The van der Waals surface area contributed by atoms with E-state index in [0.29, 0.717) is 5.75 Å². The fraction of sp³-hybridized carbons (Fsp3) is 0.286. The van der Waals surface area contributed by atoms with Gasteiger partial charge in [-0.05, 0) is 0 Å². The summed E-state index contributed by atoms with van der Waals surface area (Å²) in [5, 5.41) is 0. The second kappa shape index (κ2) is 2.74. The SMILES string of the molecule is COc1cc(F)c(=O)n(C)c1. The highest BCUT2D eigenvalue weighted by molar-refractivity contribution is 5.17. The van der Waals surface area contributed by atoms with E-state index in [1.165, 1.54) is 20.4 Å². The second-order valence-corrected chi connectivity index (χ2v) is 2.14. The Morgan fingerprint density at radius 2 is 2.27 bits per heavy atom. The highest BCUT2D eigenvalue weighted by atomic mass is 19.1. The van der Waals surface area contributed by atoms with Crippen molar-refractivity contribution in [2.24, 2.45) is 7.05 Å². The Bertz CT molecular complexity index is 292. The average Bonchev–Trinajstić information content (AvgIpc) is 1.99. The summed E-state index contributed by atoms with van der Waals surface area (Å²) in [6, 6.07) is 1.06. The minimum Gasteiger partial charge on any atom is -0.495 e. The highest BCUT2D eigenvalue weighted by Crippen LogP contribution is 2.06. The van der Waals surface area contributed by atoms with Crippen molar-refractivity contribution >= 4 is 0 Å². The summed E-state index contributed by atoms with van der Waals surface area (Å²) in [5.74, 6) is -0.462. The topological polar surface area (TPSA) is 31.2 Å². The van der Waals surface area contributed by atoms with Gasteiger partial charge in [-0.2, -0.15) is 0 Å². The van der Waals surface area contributed by atoms with Crippen LogP contribution in [0.15, 0.2) is 17.1 Å². The third-order valence-corrected chi connectivity index (χ3v) is 1.35. The zero-order chi connectivity index (χ0) is 8.43. The monoisotopic (exact) mass is 157 g/mol. The maximum atomic E-state index is 12.6. The van der Waals surface area contributed by atoms with Crippen LogP contribution in [0.3, 0.4) is 0 Å². The quantitative estimate of drug-likeness (QED) is 0.595. The highest BCUT2D eigenvalue weighted by Gasteiger charge is 2.02. The second-order valence-electron chi connectivity index (χ2n) is 2.14. The van der Waals surface area contributed by atoms with Crippen molar-refractivity contribution < 1.29 is 9.13 Å². The minimum absolute atomic E-state index is 0.338. The Labute approximate surface area is 63.0 Å². The standard InChI is InChI=1S/C7H8FNO2/c1-9-4-5(11-2)3-6(8)7(9)10/h3-4H,1-2H3. The van der Waals surface area contributed by atoms with Crippen molar-refractivity contribution in [2.45, 2.75) is 0 Å². The molecule has 1 aromatic rings. The molecule has 0 saturated heterocycles. The molecule has 0 aliphatic carbocycles. The molecule has 0 bridgehead atoms. The number of halogens is 1. The summed E-state index contributed by atoms with van der Waals surface area (Å²) < 4.78 is 18.5. The zero-order valence-electron chi connectivity index (χ0n) is 6.30. The minimum atomic E-state index is -0.799. The van der Waals surface area contributed by atoms with Crippen LogP contribution in [0.5, 0.6) is 5.75 Å². The predicted octanol–water partition coefficient (Wildman–Crippen LogP) is 0.533. The molecular weight excluding hydrogens is 149 g/mol. The van der Waals surface area contributed by atoms with Gasteiger partial charge in [0.2, 0.25) is 0 Å². The van der Waals surface area contributed by atoms with Gasteiger partial charge in [0.15, 0.2) is 5.82 Å². The molecule has 0 aliphatic heterocycles. The molecule has 0 amide bonds. The van der Waals surface area contributed by atoms with Gasteiger partial charge in [-0.3, -0.25) is 4.79 Å². The summed E-state index contributed by atoms with van der Waals surface area (Å²) >= 11 is 0. The van der Waals surface area contributed by atoms with Crippen molar-refractivity contribution in [3.05, 3.63) is 28.4 Å². The molecule has 3 nitrogen and oxygen atoms in total. The van der Waals surface area contributed by atoms with Gasteiger partial charge in [-0.1, -0.05) is 0 Å². The van der Waals surface area contributed by atoms with Gasteiger partial charge in [-0.15, -0.1) is 0 Å². The molecular formula is C7H8FNO2. The first-order valence-electron chi connectivity index (χ1n) is 3.05. The van der Waals surface area contributed by atoms with Gasteiger partial charge in [0.1, 0.15) is 5.75 Å². The van der Waals surface area contributed by atoms with Gasteiger partial charge >= 0.3 is 0 Å². The van der Waals surface area contributed by atoms with Gasteiger partial charge < -0.3 is 9.30 Å². The van der Waals surface area contributed by atoms with Crippen molar-refractivity contribution in [3.8, 4) is 5.75 Å². The first-order chi connectivity index (χ1) is 5.15. The third-order valence-electron chi connectivity index (χ3n) is 1.35. The van der Waals surface area contributed by atoms with Crippen LogP contribution in [0.25, 0.3) is 0 Å². The van der Waals surface area contributed by atoms with Crippen molar-refractivity contribution in [1.82, 2.24) is 4.57 Å². The van der Waals surface area contributed by atoms with Crippen LogP contribution in [0.1, 0.15) is 0 Å². The zero-order valence-corrected chi connectivity index (χ0v) is 6.30. The van der Waals surface area contributed by atoms with E-state index in [4.69, 9.17) is 4.74 Å². The summed E-state index contributed by atoms with van der Waals surface area (Å²) in [6.45, 7) is 0. The summed E-state index contributed by atoms with van der Waals surface area (Å²) in [7, 11) is 2.88. The molecule has 0 spiro atoms. The molecule has 11 heavy (non-hydrogen) atoms. The van der Waals surface area contributed by atoms with E-state index >= 15 is 0 Å². The summed E-state index contributed by atoms with van der Waals surface area (Å²) in [4.78, 5) is 10.8. The van der Waals surface area contributed by atoms with Crippen LogP contribution in [0.2, 0.25) is 0 Å². The van der Waals surface area contributed by atoms with Crippen molar-refractivity contribution in [3.63, 3.8) is 0 Å². The van der Waals surface area contributed by atoms with Gasteiger partial charge in [0.05, 0.1) is 7.11 Å². The average molecular weight is 157 g/mol. The van der Waals surface area contributed by atoms with E-state index in [1.807, 2.05) is 0 Å². The largest absolute Gasteiger partial charge is 0.495 e. The van der Waals surface area contributed by atoms with E-state index in [9.17, 15) is 9.18 Å². The van der Waals surface area contributed by atoms with E-state index in [1.54, 1.807) is 0 Å². The Kier molecular flexibility index (Phi) is 1.94. The fourth-order valence-electron chi connectivity index (χ4n) is 0.753. The Morgan fingerprint density at radius 1 is 1.64 bits per heavy atom. The molecule has 0 N–H and O–H groups in total. The van der Waals surface area contributed by atoms with Crippen LogP contribution < -0.4 is 10.3 Å². The lowest BCUT2D eigenvalue weighted by molar-refractivity contribution is 0.404. The lowest BCUT2D eigenvalue weighted by Gasteiger charge is -2.01. The molecule has 4 heteroatoms. The molecule has 1 heterocycles. The Morgan fingerprint density at radius 3 is 2.73 bits per heavy atom. The smallest absolute Gasteiger partial charge is 0.286 e. The third kappa shape index (κ3) is 1.39. The molecule has 60 valence electrons. The Hall–Kier alpha value is -1.32. The lowest BCUT2D eigenvalue weighted by Crippen LogP contribution is -2.19. The van der Waals surface area contributed by atoms with Crippen LogP contribution in [-0.4, -0.2) is 11.7 Å². The molecule has 1 rings (SSSR count). The number of nitrogens with zero attached hydrogens (tertiary/aromatic N) is 1. The van der Waals surface area contributed by atoms with E-state index in [2.05, 4.69) is 0 Å². The van der Waals surface area contributed by atoms with Gasteiger partial charge in [-0.25, -0.2) is 4.39 Å². The summed E-state index contributed by atoms with van der Waals surface area (Å²) in [5.41, 5.74) is -0.647. The van der Waals surface area contributed by atoms with E-state index in [0.717, 1.165) is 10.6 Å². The molecule has 0 saturated carbocycles. The molecule has 1 aromatic heterocycles. The predicted molar refractivity (Wildman–Crippen MR) is 38.2 cm³/mol. The Balaban J connectivity index is 3.32. The van der Waals surface area contributed by atoms with Gasteiger partial charge in [0, 0.05) is 19.3 Å². The van der Waals surface area contributed by atoms with Crippen LogP contribution in [0, 0.1) is 5.82 Å². The number of ether oxygens (including phenoxy) is 1. The maximum Gasteiger partial charge on any atom is 0.286 e. The molecule has 0 atom stereocenters. The maximum absolute atomic E-state index is 12.6. The van der Waals surface area contributed by atoms with Crippen molar-refractivity contribution in [2.75, 3.05) is 7.11 Å². The van der Waals surface area contributed by atoms with Crippen LogP contribution in [-0.2, 0) is 7.05 Å². The van der Waals surface area contributed by atoms with E-state index in [-0.39, 0.29) is 0 Å². The number of aryl methyl sites for hydroxylation is 1. The fourth-order valence-corrected chi connectivity index (χ4v) is 0.753. The normalized spacial score (nSPS) is 9.73. The first kappa shape index (κ1) is 7.78. The van der Waals surface area contributed by atoms with E-state index < -0.39 is 11.4 Å². The number of aromatic nitrogens is 1. The number of methoxy groups -OCH3 is 1. The lowest BCUT2D eigenvalue weighted by atomic mass is 10.4. The number of hydrogen-bond donors (Lipinski definition) is 0. The molecule has 0 aromatic carbocycles. The molecule has 0 radical (unpaired) electrons. The molecule has 0 unspecified atom stereocenters. The molecule has 0 fully saturated rings. The summed E-state index contributed by atoms with van der Waals surface area (Å²) in [6.07, 6.45) is 1.42. The number of rotatable bonds is 1. The van der Waals surface area contributed by atoms with Crippen LogP contribution >= 0.6 is 0 Å². The van der Waals surface area contributed by atoms with Gasteiger partial charge in [0.25, 0.3) is 5.56 Å². The number of hydrogen-bond acceptors (Lipinski definition) is 2. The van der Waals surface area contributed by atoms with Crippen molar-refractivity contribution in [1.29, 1.82) is 0 Å². The molecule has 0 aliphatic rings. The number of pyridine rings is 1. The van der Waals surface area contributed by atoms with Crippen LogP contribution in [0.4, 0.5) is 4.39 Å². The first-order valence-corrected chi connectivity index (χ1v) is 3.05.